The Balaban J connectivity index is 2.21. The number of benzene rings is 1. The van der Waals surface area contributed by atoms with E-state index in [4.69, 9.17) is 11.6 Å². The first-order chi connectivity index (χ1) is 8.61. The van der Waals surface area contributed by atoms with E-state index in [0.717, 1.165) is 22.1 Å². The van der Waals surface area contributed by atoms with Crippen molar-refractivity contribution in [2.45, 2.75) is 25.9 Å². The fourth-order valence-corrected chi connectivity index (χ4v) is 2.63. The molecule has 0 aliphatic carbocycles. The molecule has 0 aliphatic heterocycles. The summed E-state index contributed by atoms with van der Waals surface area (Å²) in [7, 11) is 0. The Hall–Kier alpha value is -1.04. The van der Waals surface area contributed by atoms with E-state index in [-0.39, 0.29) is 12.2 Å². The van der Waals surface area contributed by atoms with Crippen molar-refractivity contribution in [1.29, 1.82) is 0 Å². The van der Waals surface area contributed by atoms with Crippen LogP contribution in [0.4, 0.5) is 4.39 Å². The SMILES string of the molecule is CCc1nnsc1C(O)Cc1cc(F)ccc1Cl. The lowest BCUT2D eigenvalue weighted by Crippen LogP contribution is -2.03. The van der Waals surface area contributed by atoms with Crippen molar-refractivity contribution in [2.75, 3.05) is 0 Å². The van der Waals surface area contributed by atoms with Crippen LogP contribution in [-0.4, -0.2) is 14.7 Å². The molecule has 0 radical (unpaired) electrons. The second-order valence-electron chi connectivity index (χ2n) is 3.89. The Morgan fingerprint density at radius 1 is 1.50 bits per heavy atom. The van der Waals surface area contributed by atoms with Gasteiger partial charge >= 0.3 is 0 Å². The number of hydrogen-bond donors (Lipinski definition) is 1. The second-order valence-corrected chi connectivity index (χ2v) is 5.09. The molecule has 0 bridgehead atoms. The van der Waals surface area contributed by atoms with Crippen molar-refractivity contribution in [3.05, 3.63) is 45.2 Å². The summed E-state index contributed by atoms with van der Waals surface area (Å²) in [5, 5.41) is 14.5. The van der Waals surface area contributed by atoms with Gasteiger partial charge in [0.05, 0.1) is 16.7 Å². The Morgan fingerprint density at radius 2 is 2.28 bits per heavy atom. The lowest BCUT2D eigenvalue weighted by molar-refractivity contribution is 0.181. The fraction of sp³-hybridized carbons (Fsp3) is 0.333. The molecule has 0 fully saturated rings. The summed E-state index contributed by atoms with van der Waals surface area (Å²) < 4.78 is 16.9. The van der Waals surface area contributed by atoms with Gasteiger partial charge in [-0.1, -0.05) is 23.0 Å². The number of aromatic nitrogens is 2. The van der Waals surface area contributed by atoms with Crippen LogP contribution in [-0.2, 0) is 12.8 Å². The number of halogens is 2. The van der Waals surface area contributed by atoms with E-state index in [9.17, 15) is 9.50 Å². The van der Waals surface area contributed by atoms with Crippen LogP contribution in [0.1, 0.15) is 29.2 Å². The van der Waals surface area contributed by atoms with Crippen LogP contribution in [0.15, 0.2) is 18.2 Å². The summed E-state index contributed by atoms with van der Waals surface area (Å²) in [5.41, 5.74) is 1.36. The largest absolute Gasteiger partial charge is 0.387 e. The number of hydrogen-bond acceptors (Lipinski definition) is 4. The Labute approximate surface area is 113 Å². The number of aryl methyl sites for hydroxylation is 1. The average molecular weight is 287 g/mol. The number of aliphatic hydroxyl groups is 1. The van der Waals surface area contributed by atoms with E-state index in [1.165, 1.54) is 18.2 Å². The third-order valence-electron chi connectivity index (χ3n) is 2.64. The van der Waals surface area contributed by atoms with E-state index in [1.54, 1.807) is 0 Å². The Morgan fingerprint density at radius 3 is 3.00 bits per heavy atom. The van der Waals surface area contributed by atoms with Gasteiger partial charge in [0.1, 0.15) is 5.82 Å². The van der Waals surface area contributed by atoms with Crippen molar-refractivity contribution in [1.82, 2.24) is 9.59 Å². The molecule has 1 N–H and O–H groups in total. The number of aliphatic hydroxyl groups excluding tert-OH is 1. The molecule has 6 heteroatoms. The maximum absolute atomic E-state index is 13.1. The van der Waals surface area contributed by atoms with E-state index >= 15 is 0 Å². The van der Waals surface area contributed by atoms with E-state index in [2.05, 4.69) is 9.59 Å². The maximum Gasteiger partial charge on any atom is 0.123 e. The van der Waals surface area contributed by atoms with E-state index in [0.29, 0.717) is 17.0 Å². The second kappa shape index (κ2) is 5.73. The summed E-state index contributed by atoms with van der Waals surface area (Å²) in [6.07, 6.45) is 0.215. The highest BCUT2D eigenvalue weighted by atomic mass is 35.5. The van der Waals surface area contributed by atoms with Crippen LogP contribution in [0.25, 0.3) is 0 Å². The van der Waals surface area contributed by atoms with Gasteiger partial charge in [0.25, 0.3) is 0 Å². The lowest BCUT2D eigenvalue weighted by Gasteiger charge is -2.10. The molecule has 1 atom stereocenters. The Bertz CT molecular complexity index is 547. The third kappa shape index (κ3) is 2.85. The van der Waals surface area contributed by atoms with Crippen LogP contribution in [0.3, 0.4) is 0 Å². The quantitative estimate of drug-likeness (QED) is 0.939. The lowest BCUT2D eigenvalue weighted by atomic mass is 10.1. The molecule has 18 heavy (non-hydrogen) atoms. The Kier molecular flexibility index (Phi) is 4.27. The van der Waals surface area contributed by atoms with Crippen molar-refractivity contribution >= 4 is 23.1 Å². The summed E-state index contributed by atoms with van der Waals surface area (Å²) in [4.78, 5) is 0.720. The minimum absolute atomic E-state index is 0.257. The number of nitrogens with zero attached hydrogens (tertiary/aromatic N) is 2. The van der Waals surface area contributed by atoms with Crippen molar-refractivity contribution in [3.63, 3.8) is 0 Å². The van der Waals surface area contributed by atoms with E-state index < -0.39 is 6.10 Å². The molecule has 2 rings (SSSR count). The summed E-state index contributed by atoms with van der Waals surface area (Å²) >= 11 is 7.13. The maximum atomic E-state index is 13.1. The predicted octanol–water partition coefficient (Wildman–Crippen LogP) is 3.17. The zero-order valence-electron chi connectivity index (χ0n) is 9.73. The summed E-state index contributed by atoms with van der Waals surface area (Å²) in [6.45, 7) is 1.95. The first kappa shape index (κ1) is 13.4. The normalized spacial score (nSPS) is 12.7. The standard InChI is InChI=1S/C12H12ClFN2OS/c1-2-10-12(18-16-15-10)11(17)6-7-5-8(14)3-4-9(7)13/h3-5,11,17H,2,6H2,1H3. The molecule has 0 amide bonds. The number of rotatable bonds is 4. The van der Waals surface area contributed by atoms with Gasteiger partial charge in [-0.15, -0.1) is 5.10 Å². The molecule has 1 aromatic heterocycles. The molecule has 1 unspecified atom stereocenters. The summed E-state index contributed by atoms with van der Waals surface area (Å²) in [6, 6.07) is 4.13. The van der Waals surface area contributed by atoms with Gasteiger partial charge in [0, 0.05) is 11.4 Å². The van der Waals surface area contributed by atoms with Crippen LogP contribution in [0.5, 0.6) is 0 Å². The topological polar surface area (TPSA) is 46.0 Å². The molecular formula is C12H12ClFN2OS. The van der Waals surface area contributed by atoms with Crippen LogP contribution in [0.2, 0.25) is 5.02 Å². The monoisotopic (exact) mass is 286 g/mol. The minimum Gasteiger partial charge on any atom is -0.387 e. The third-order valence-corrected chi connectivity index (χ3v) is 3.88. The molecule has 0 saturated heterocycles. The molecule has 96 valence electrons. The van der Waals surface area contributed by atoms with Gasteiger partial charge < -0.3 is 5.11 Å². The summed E-state index contributed by atoms with van der Waals surface area (Å²) in [5.74, 6) is -0.361. The van der Waals surface area contributed by atoms with Gasteiger partial charge in [0.2, 0.25) is 0 Å². The van der Waals surface area contributed by atoms with Crippen molar-refractivity contribution in [2.24, 2.45) is 0 Å². The smallest absolute Gasteiger partial charge is 0.123 e. The zero-order chi connectivity index (χ0) is 13.1. The van der Waals surface area contributed by atoms with Gasteiger partial charge in [-0.25, -0.2) is 4.39 Å². The van der Waals surface area contributed by atoms with Crippen LogP contribution >= 0.6 is 23.1 Å². The molecule has 2 aromatic rings. The average Bonchev–Trinajstić information content (AvgIpc) is 2.82. The van der Waals surface area contributed by atoms with Crippen molar-refractivity contribution in [3.8, 4) is 0 Å². The van der Waals surface area contributed by atoms with Crippen LogP contribution in [0, 0.1) is 5.82 Å². The zero-order valence-corrected chi connectivity index (χ0v) is 11.3. The van der Waals surface area contributed by atoms with E-state index in [1.807, 2.05) is 6.92 Å². The minimum atomic E-state index is -0.751. The van der Waals surface area contributed by atoms with Gasteiger partial charge in [-0.3, -0.25) is 0 Å². The van der Waals surface area contributed by atoms with Gasteiger partial charge in [-0.05, 0) is 41.7 Å². The molecular weight excluding hydrogens is 275 g/mol. The van der Waals surface area contributed by atoms with Gasteiger partial charge in [-0.2, -0.15) is 0 Å². The highest BCUT2D eigenvalue weighted by molar-refractivity contribution is 7.05. The molecule has 0 aliphatic rings. The molecule has 1 heterocycles. The highest BCUT2D eigenvalue weighted by Crippen LogP contribution is 2.27. The molecule has 0 saturated carbocycles. The van der Waals surface area contributed by atoms with Gasteiger partial charge in [0.15, 0.2) is 0 Å². The molecule has 1 aromatic carbocycles. The first-order valence-electron chi connectivity index (χ1n) is 5.55. The predicted molar refractivity (Wildman–Crippen MR) is 69.4 cm³/mol. The fourth-order valence-electron chi connectivity index (χ4n) is 1.71. The first-order valence-corrected chi connectivity index (χ1v) is 6.70. The molecule has 3 nitrogen and oxygen atoms in total. The van der Waals surface area contributed by atoms with Crippen LogP contribution < -0.4 is 0 Å². The van der Waals surface area contributed by atoms with Crippen molar-refractivity contribution < 1.29 is 9.50 Å². The highest BCUT2D eigenvalue weighted by Gasteiger charge is 2.17. The molecule has 0 spiro atoms.